The molecule has 0 rings (SSSR count). The monoisotopic (exact) mass is 328 g/mol. The van der Waals surface area contributed by atoms with Gasteiger partial charge in [0.2, 0.25) is 0 Å². The fourth-order valence-corrected chi connectivity index (χ4v) is 1.71. The Labute approximate surface area is 137 Å². The fraction of sp³-hybridized carbons (Fsp3) is 0.733. The van der Waals surface area contributed by atoms with Gasteiger partial charge in [-0.05, 0) is 33.6 Å². The molecule has 0 aliphatic heterocycles. The molecule has 8 heteroatoms. The van der Waals surface area contributed by atoms with Gasteiger partial charge in [0.15, 0.2) is 0 Å². The van der Waals surface area contributed by atoms with E-state index < -0.39 is 18.3 Å². The first-order valence-electron chi connectivity index (χ1n) is 7.54. The van der Waals surface area contributed by atoms with Crippen molar-refractivity contribution in [2.24, 2.45) is 22.0 Å². The minimum Gasteiger partial charge on any atom is -0.448 e. The summed E-state index contributed by atoms with van der Waals surface area (Å²) >= 11 is 0. The van der Waals surface area contributed by atoms with E-state index >= 15 is 0 Å². The summed E-state index contributed by atoms with van der Waals surface area (Å²) in [5.41, 5.74) is 6.00. The molecule has 0 heterocycles. The molecule has 0 aromatic carbocycles. The lowest BCUT2D eigenvalue weighted by Crippen LogP contribution is -2.36. The van der Waals surface area contributed by atoms with Crippen molar-refractivity contribution < 1.29 is 19.1 Å². The van der Waals surface area contributed by atoms with Crippen LogP contribution in [0.5, 0.6) is 0 Å². The number of hydrogen-bond acceptors (Lipinski definition) is 6. The van der Waals surface area contributed by atoms with Crippen molar-refractivity contribution in [2.75, 3.05) is 6.61 Å². The molecular weight excluding hydrogens is 300 g/mol. The van der Waals surface area contributed by atoms with Crippen molar-refractivity contribution in [1.29, 1.82) is 0 Å². The highest BCUT2D eigenvalue weighted by Gasteiger charge is 2.26. The number of hydrogen-bond donors (Lipinski definition) is 2. The number of rotatable bonds is 7. The first kappa shape index (κ1) is 20.9. The third-order valence-corrected chi connectivity index (χ3v) is 2.68. The van der Waals surface area contributed by atoms with Crippen molar-refractivity contribution in [1.82, 2.24) is 10.9 Å². The lowest BCUT2D eigenvalue weighted by molar-refractivity contribution is 0.0138. The molecule has 0 bridgehead atoms. The van der Waals surface area contributed by atoms with E-state index in [-0.39, 0.29) is 18.4 Å². The Hall–Kier alpha value is -2.12. The minimum absolute atomic E-state index is 0.0602. The molecular formula is C15H28N4O4. The van der Waals surface area contributed by atoms with Gasteiger partial charge in [-0.15, -0.1) is 0 Å². The van der Waals surface area contributed by atoms with Crippen molar-refractivity contribution in [3.05, 3.63) is 0 Å². The van der Waals surface area contributed by atoms with Gasteiger partial charge >= 0.3 is 12.2 Å². The molecule has 0 aromatic heterocycles. The summed E-state index contributed by atoms with van der Waals surface area (Å²) in [6.07, 6.45) is -1.69. The van der Waals surface area contributed by atoms with E-state index in [1.807, 2.05) is 20.8 Å². The molecule has 2 N–H and O–H groups in total. The van der Waals surface area contributed by atoms with E-state index in [9.17, 15) is 9.59 Å². The van der Waals surface area contributed by atoms with Gasteiger partial charge in [0.25, 0.3) is 0 Å². The topological polar surface area (TPSA) is 101 Å². The van der Waals surface area contributed by atoms with Crippen LogP contribution < -0.4 is 10.9 Å². The highest BCUT2D eigenvalue weighted by atomic mass is 16.6. The van der Waals surface area contributed by atoms with Crippen LogP contribution in [0.2, 0.25) is 0 Å². The third kappa shape index (κ3) is 10.3. The summed E-state index contributed by atoms with van der Waals surface area (Å²) in [6, 6.07) is 0. The van der Waals surface area contributed by atoms with Gasteiger partial charge in [-0.3, -0.25) is 0 Å². The lowest BCUT2D eigenvalue weighted by atomic mass is 9.95. The first-order chi connectivity index (χ1) is 10.6. The molecule has 0 aliphatic rings. The molecule has 23 heavy (non-hydrogen) atoms. The SMILES string of the molecule is CC(C)=NNC(=O)OCC(C)C(OC(=O)NN=C(C)C)C(C)C. The zero-order valence-electron chi connectivity index (χ0n) is 15.0. The number of ether oxygens (including phenoxy) is 2. The number of carbonyl (C=O) groups excluding carboxylic acids is 2. The average Bonchev–Trinajstić information content (AvgIpc) is 2.45. The first-order valence-corrected chi connectivity index (χ1v) is 7.54. The molecule has 132 valence electrons. The van der Waals surface area contributed by atoms with Crippen LogP contribution in [0.1, 0.15) is 48.5 Å². The van der Waals surface area contributed by atoms with Crippen LogP contribution in [0.3, 0.4) is 0 Å². The van der Waals surface area contributed by atoms with E-state index in [1.54, 1.807) is 27.7 Å². The van der Waals surface area contributed by atoms with Crippen molar-refractivity contribution in [3.8, 4) is 0 Å². The van der Waals surface area contributed by atoms with E-state index in [1.165, 1.54) is 0 Å². The number of nitrogens with one attached hydrogen (secondary N) is 2. The van der Waals surface area contributed by atoms with Gasteiger partial charge in [-0.1, -0.05) is 20.8 Å². The van der Waals surface area contributed by atoms with E-state index in [0.717, 1.165) is 0 Å². The molecule has 0 saturated carbocycles. The third-order valence-electron chi connectivity index (χ3n) is 2.68. The van der Waals surface area contributed by atoms with Crippen molar-refractivity contribution >= 4 is 23.6 Å². The summed E-state index contributed by atoms with van der Waals surface area (Å²) in [7, 11) is 0. The van der Waals surface area contributed by atoms with E-state index in [0.29, 0.717) is 11.4 Å². The molecule has 2 atom stereocenters. The minimum atomic E-state index is -0.642. The van der Waals surface area contributed by atoms with Gasteiger partial charge < -0.3 is 9.47 Å². The molecule has 2 unspecified atom stereocenters. The Morgan fingerprint density at radius 2 is 1.39 bits per heavy atom. The fourth-order valence-electron chi connectivity index (χ4n) is 1.71. The predicted molar refractivity (Wildman–Crippen MR) is 89.5 cm³/mol. The number of hydrazone groups is 2. The van der Waals surface area contributed by atoms with Crippen LogP contribution in [0, 0.1) is 11.8 Å². The Kier molecular flexibility index (Phi) is 9.60. The molecule has 0 fully saturated rings. The van der Waals surface area contributed by atoms with Crippen molar-refractivity contribution in [2.45, 2.75) is 54.6 Å². The van der Waals surface area contributed by atoms with E-state index in [2.05, 4.69) is 21.1 Å². The maximum absolute atomic E-state index is 11.7. The Morgan fingerprint density at radius 1 is 0.913 bits per heavy atom. The summed E-state index contributed by atoms with van der Waals surface area (Å²) in [5.74, 6) is -0.116. The average molecular weight is 328 g/mol. The van der Waals surface area contributed by atoms with Gasteiger partial charge in [-0.2, -0.15) is 10.2 Å². The summed E-state index contributed by atoms with van der Waals surface area (Å²) in [4.78, 5) is 23.2. The molecule has 8 nitrogen and oxygen atoms in total. The quantitative estimate of drug-likeness (QED) is 0.554. The Bertz CT molecular complexity index is 452. The largest absolute Gasteiger partial charge is 0.448 e. The van der Waals surface area contributed by atoms with Crippen LogP contribution in [0.25, 0.3) is 0 Å². The number of amides is 2. The van der Waals surface area contributed by atoms with Crippen LogP contribution in [0.4, 0.5) is 9.59 Å². The van der Waals surface area contributed by atoms with Gasteiger partial charge in [0.05, 0.1) is 6.61 Å². The highest BCUT2D eigenvalue weighted by Crippen LogP contribution is 2.17. The summed E-state index contributed by atoms with van der Waals surface area (Å²) < 4.78 is 10.4. The summed E-state index contributed by atoms with van der Waals surface area (Å²) in [6.45, 7) is 12.8. The van der Waals surface area contributed by atoms with Crippen LogP contribution in [-0.2, 0) is 9.47 Å². The molecule has 0 aliphatic carbocycles. The summed E-state index contributed by atoms with van der Waals surface area (Å²) in [5, 5.41) is 7.55. The molecule has 0 spiro atoms. The molecule has 2 amide bonds. The normalized spacial score (nSPS) is 12.7. The molecule has 0 radical (unpaired) electrons. The second-order valence-corrected chi connectivity index (χ2v) is 6.03. The Morgan fingerprint density at radius 3 is 1.83 bits per heavy atom. The van der Waals surface area contributed by atoms with Gasteiger partial charge in [-0.25, -0.2) is 20.4 Å². The maximum atomic E-state index is 11.7. The van der Waals surface area contributed by atoms with Crippen LogP contribution in [0.15, 0.2) is 10.2 Å². The van der Waals surface area contributed by atoms with E-state index in [4.69, 9.17) is 9.47 Å². The number of nitrogens with zero attached hydrogens (tertiary/aromatic N) is 2. The second-order valence-electron chi connectivity index (χ2n) is 6.03. The van der Waals surface area contributed by atoms with Crippen LogP contribution >= 0.6 is 0 Å². The molecule has 0 aromatic rings. The number of carbonyl (C=O) groups is 2. The maximum Gasteiger partial charge on any atom is 0.428 e. The second kappa shape index (κ2) is 10.6. The predicted octanol–water partition coefficient (Wildman–Crippen LogP) is 2.89. The van der Waals surface area contributed by atoms with Gasteiger partial charge in [0.1, 0.15) is 6.10 Å². The van der Waals surface area contributed by atoms with Crippen molar-refractivity contribution in [3.63, 3.8) is 0 Å². The zero-order chi connectivity index (χ0) is 18.0. The van der Waals surface area contributed by atoms with Crippen LogP contribution in [-0.4, -0.2) is 36.3 Å². The highest BCUT2D eigenvalue weighted by molar-refractivity contribution is 5.81. The lowest BCUT2D eigenvalue weighted by Gasteiger charge is -2.26. The smallest absolute Gasteiger partial charge is 0.428 e. The standard InChI is InChI=1S/C15H28N4O4/c1-9(2)13(23-15(21)19-17-11(5)6)12(7)8-22-14(20)18-16-10(3)4/h9,12-13H,8H2,1-7H3,(H,18,20)(H,19,21). The Balaban J connectivity index is 4.48. The van der Waals surface area contributed by atoms with Gasteiger partial charge in [0, 0.05) is 17.3 Å². The molecule has 0 saturated heterocycles. The zero-order valence-corrected chi connectivity index (χ0v) is 15.0.